The lowest BCUT2D eigenvalue weighted by Crippen LogP contribution is -2.31. The van der Waals surface area contributed by atoms with E-state index in [0.717, 1.165) is 23.2 Å². The van der Waals surface area contributed by atoms with Gasteiger partial charge >= 0.3 is 0 Å². The summed E-state index contributed by atoms with van der Waals surface area (Å²) in [5, 5.41) is 13.9. The van der Waals surface area contributed by atoms with Gasteiger partial charge in [0.1, 0.15) is 0 Å². The summed E-state index contributed by atoms with van der Waals surface area (Å²) in [6, 6.07) is 5.53. The number of benzene rings is 1. The molecule has 0 heterocycles. The van der Waals surface area contributed by atoms with Gasteiger partial charge in [-0.3, -0.25) is 9.59 Å². The van der Waals surface area contributed by atoms with Gasteiger partial charge in [0.2, 0.25) is 11.8 Å². The minimum atomic E-state index is -0.265. The lowest BCUT2D eigenvalue weighted by Gasteiger charge is -2.10. The van der Waals surface area contributed by atoms with Crippen LogP contribution < -0.4 is 10.6 Å². The first-order chi connectivity index (χ1) is 10.1. The Morgan fingerprint density at radius 3 is 2.71 bits per heavy atom. The van der Waals surface area contributed by atoms with Crippen LogP contribution in [0.4, 0.5) is 5.69 Å². The second kappa shape index (κ2) is 8.77. The topological polar surface area (TPSA) is 78.4 Å². The van der Waals surface area contributed by atoms with E-state index >= 15 is 0 Å². The molecule has 2 amide bonds. The summed E-state index contributed by atoms with van der Waals surface area (Å²) in [4.78, 5) is 22.5. The van der Waals surface area contributed by atoms with E-state index in [4.69, 9.17) is 5.11 Å². The molecule has 1 aromatic rings. The zero-order valence-electron chi connectivity index (χ0n) is 12.3. The van der Waals surface area contributed by atoms with Crippen LogP contribution in [0.1, 0.15) is 31.4 Å². The minimum absolute atomic E-state index is 0.0451. The molecule has 0 aliphatic rings. The summed E-state index contributed by atoms with van der Waals surface area (Å²) in [5.74, 6) is 5.32. The van der Waals surface area contributed by atoms with Gasteiger partial charge in [-0.05, 0) is 30.2 Å². The summed E-state index contributed by atoms with van der Waals surface area (Å²) >= 11 is 0. The number of hydrogen-bond donors (Lipinski definition) is 3. The van der Waals surface area contributed by atoms with E-state index in [1.54, 1.807) is 6.07 Å². The highest BCUT2D eigenvalue weighted by atomic mass is 16.2. The molecule has 21 heavy (non-hydrogen) atoms. The second-order valence-electron chi connectivity index (χ2n) is 4.46. The zero-order chi connectivity index (χ0) is 15.7. The Morgan fingerprint density at radius 2 is 2.10 bits per heavy atom. The van der Waals surface area contributed by atoms with Gasteiger partial charge in [0, 0.05) is 24.6 Å². The predicted molar refractivity (Wildman–Crippen MR) is 81.7 cm³/mol. The molecule has 0 aliphatic heterocycles. The zero-order valence-corrected chi connectivity index (χ0v) is 12.3. The molecule has 0 unspecified atom stereocenters. The Balaban J connectivity index is 2.77. The molecule has 112 valence electrons. The first-order valence-electron chi connectivity index (χ1n) is 6.83. The fourth-order valence-corrected chi connectivity index (χ4v) is 1.71. The molecule has 5 heteroatoms. The van der Waals surface area contributed by atoms with Crippen LogP contribution in [0.5, 0.6) is 0 Å². The molecular formula is C16H20N2O3. The molecule has 0 bridgehead atoms. The fourth-order valence-electron chi connectivity index (χ4n) is 1.71. The van der Waals surface area contributed by atoms with Crippen LogP contribution in [-0.2, 0) is 16.0 Å². The van der Waals surface area contributed by atoms with E-state index in [1.807, 2.05) is 19.1 Å². The maximum absolute atomic E-state index is 11.7. The number of carbonyl (C=O) groups excluding carboxylic acids is 2. The Kier molecular flexibility index (Phi) is 6.99. The van der Waals surface area contributed by atoms with Crippen LogP contribution in [0.25, 0.3) is 0 Å². The third-order valence-electron chi connectivity index (χ3n) is 2.73. The Hall–Kier alpha value is -2.32. The quantitative estimate of drug-likeness (QED) is 0.709. The second-order valence-corrected chi connectivity index (χ2v) is 4.46. The highest BCUT2D eigenvalue weighted by Crippen LogP contribution is 2.18. The predicted octanol–water partition coefficient (Wildman–Crippen LogP) is 1.06. The average molecular weight is 288 g/mol. The molecule has 1 aromatic carbocycles. The van der Waals surface area contributed by atoms with Crippen LogP contribution in [-0.4, -0.2) is 30.1 Å². The van der Waals surface area contributed by atoms with Crippen molar-refractivity contribution in [3.05, 3.63) is 29.3 Å². The van der Waals surface area contributed by atoms with E-state index < -0.39 is 0 Å². The minimum Gasteiger partial charge on any atom is -0.395 e. The normalized spacial score (nSPS) is 9.48. The Morgan fingerprint density at radius 1 is 1.33 bits per heavy atom. The van der Waals surface area contributed by atoms with Gasteiger partial charge in [0.15, 0.2) is 0 Å². The number of rotatable bonds is 5. The lowest BCUT2D eigenvalue weighted by atomic mass is 10.1. The van der Waals surface area contributed by atoms with Crippen molar-refractivity contribution in [1.82, 2.24) is 5.32 Å². The maximum Gasteiger partial charge on any atom is 0.243 e. The number of hydrogen-bond acceptors (Lipinski definition) is 3. The van der Waals surface area contributed by atoms with E-state index in [0.29, 0.717) is 6.42 Å². The van der Waals surface area contributed by atoms with Gasteiger partial charge in [0.25, 0.3) is 0 Å². The molecular weight excluding hydrogens is 268 g/mol. The highest BCUT2D eigenvalue weighted by Gasteiger charge is 2.07. The molecule has 3 N–H and O–H groups in total. The van der Waals surface area contributed by atoms with Gasteiger partial charge in [-0.15, -0.1) is 0 Å². The molecule has 0 aromatic heterocycles. The third-order valence-corrected chi connectivity index (χ3v) is 2.73. The van der Waals surface area contributed by atoms with E-state index in [1.165, 1.54) is 6.92 Å². The van der Waals surface area contributed by atoms with Crippen molar-refractivity contribution >= 4 is 17.5 Å². The molecule has 0 spiro atoms. The summed E-state index contributed by atoms with van der Waals surface area (Å²) < 4.78 is 0. The molecule has 0 fully saturated rings. The SMILES string of the molecule is CCc1cc(C#CCCO)ccc1NC(=O)CNC(C)=O. The number of carbonyl (C=O) groups is 2. The number of aliphatic hydroxyl groups is 1. The highest BCUT2D eigenvalue weighted by molar-refractivity contribution is 5.94. The van der Waals surface area contributed by atoms with E-state index in [-0.39, 0.29) is 25.0 Å². The van der Waals surface area contributed by atoms with Crippen molar-refractivity contribution in [2.24, 2.45) is 0 Å². The van der Waals surface area contributed by atoms with E-state index in [2.05, 4.69) is 22.5 Å². The number of amides is 2. The molecule has 5 nitrogen and oxygen atoms in total. The van der Waals surface area contributed by atoms with Crippen molar-refractivity contribution in [1.29, 1.82) is 0 Å². The van der Waals surface area contributed by atoms with Crippen LogP contribution in [0.2, 0.25) is 0 Å². The average Bonchev–Trinajstić information content (AvgIpc) is 2.46. The number of aliphatic hydroxyl groups excluding tert-OH is 1. The number of nitrogens with one attached hydrogen (secondary N) is 2. The van der Waals surface area contributed by atoms with Crippen LogP contribution in [0.15, 0.2) is 18.2 Å². The van der Waals surface area contributed by atoms with E-state index in [9.17, 15) is 9.59 Å². The van der Waals surface area contributed by atoms with Crippen molar-refractivity contribution in [3.8, 4) is 11.8 Å². The van der Waals surface area contributed by atoms with Gasteiger partial charge in [-0.1, -0.05) is 18.8 Å². The molecule has 0 radical (unpaired) electrons. The summed E-state index contributed by atoms with van der Waals surface area (Å²) in [6.45, 7) is 3.36. The third kappa shape index (κ3) is 6.11. The van der Waals surface area contributed by atoms with Crippen molar-refractivity contribution in [3.63, 3.8) is 0 Å². The standard InChI is InChI=1S/C16H20N2O3/c1-3-14-10-13(6-4-5-9-19)7-8-15(14)18-16(21)11-17-12(2)20/h7-8,10,19H,3,5,9,11H2,1-2H3,(H,17,20)(H,18,21). The van der Waals surface area contributed by atoms with Crippen molar-refractivity contribution < 1.29 is 14.7 Å². The Labute approximate surface area is 124 Å². The van der Waals surface area contributed by atoms with Gasteiger partial charge in [-0.25, -0.2) is 0 Å². The molecule has 1 rings (SSSR count). The van der Waals surface area contributed by atoms with Gasteiger partial charge in [0.05, 0.1) is 13.2 Å². The van der Waals surface area contributed by atoms with Crippen LogP contribution in [0, 0.1) is 11.8 Å². The molecule has 0 atom stereocenters. The Bertz CT molecular complexity index is 571. The lowest BCUT2D eigenvalue weighted by molar-refractivity contribution is -0.122. The monoisotopic (exact) mass is 288 g/mol. The first-order valence-corrected chi connectivity index (χ1v) is 6.83. The maximum atomic E-state index is 11.7. The molecule has 0 saturated carbocycles. The van der Waals surface area contributed by atoms with Crippen LogP contribution >= 0.6 is 0 Å². The summed E-state index contributed by atoms with van der Waals surface area (Å²) in [7, 11) is 0. The van der Waals surface area contributed by atoms with Crippen LogP contribution in [0.3, 0.4) is 0 Å². The van der Waals surface area contributed by atoms with Gasteiger partial charge in [-0.2, -0.15) is 0 Å². The largest absolute Gasteiger partial charge is 0.395 e. The van der Waals surface area contributed by atoms with Gasteiger partial charge < -0.3 is 15.7 Å². The van der Waals surface area contributed by atoms with Crippen molar-refractivity contribution in [2.75, 3.05) is 18.5 Å². The summed E-state index contributed by atoms with van der Waals surface area (Å²) in [6.07, 6.45) is 1.20. The first kappa shape index (κ1) is 16.7. The summed E-state index contributed by atoms with van der Waals surface area (Å²) in [5.41, 5.74) is 2.54. The number of aryl methyl sites for hydroxylation is 1. The molecule has 0 saturated heterocycles. The fraction of sp³-hybridized carbons (Fsp3) is 0.375. The smallest absolute Gasteiger partial charge is 0.243 e. The molecule has 0 aliphatic carbocycles. The van der Waals surface area contributed by atoms with Crippen molar-refractivity contribution in [2.45, 2.75) is 26.7 Å². The number of anilines is 1.